The molecule has 0 bridgehead atoms. The second-order valence-electron chi connectivity index (χ2n) is 7.77. The molecule has 4 rings (SSSR count). The zero-order valence-electron chi connectivity index (χ0n) is 17.9. The van der Waals surface area contributed by atoms with E-state index in [0.29, 0.717) is 41.9 Å². The maximum Gasteiger partial charge on any atom is 0.292 e. The summed E-state index contributed by atoms with van der Waals surface area (Å²) in [5, 5.41) is 12.0. The molecule has 9 heteroatoms. The first-order chi connectivity index (χ1) is 15.4. The summed E-state index contributed by atoms with van der Waals surface area (Å²) in [5.41, 5.74) is 1.65. The summed E-state index contributed by atoms with van der Waals surface area (Å²) in [4.78, 5) is 32.3. The monoisotopic (exact) mass is 452 g/mol. The Morgan fingerprint density at radius 3 is 2.38 bits per heavy atom. The molecule has 2 aliphatic heterocycles. The first kappa shape index (κ1) is 21.9. The summed E-state index contributed by atoms with van der Waals surface area (Å²) >= 11 is 1.37. The molecule has 166 valence electrons. The fourth-order valence-electron chi connectivity index (χ4n) is 3.62. The summed E-state index contributed by atoms with van der Waals surface area (Å²) in [6.07, 6.45) is 1.95. The van der Waals surface area contributed by atoms with Gasteiger partial charge >= 0.3 is 0 Å². The summed E-state index contributed by atoms with van der Waals surface area (Å²) in [5.74, 6) is 0.551. The normalized spacial score (nSPS) is 17.8. The summed E-state index contributed by atoms with van der Waals surface area (Å²) < 4.78 is 5.65. The lowest BCUT2D eigenvalue weighted by atomic mass is 10.2. The molecule has 2 aromatic carbocycles. The molecule has 0 radical (unpaired) electrons. The number of hydrogen-bond donors (Lipinski definition) is 0. The Kier molecular flexibility index (Phi) is 6.45. The van der Waals surface area contributed by atoms with Crippen LogP contribution in [0, 0.1) is 10.1 Å². The third-order valence-corrected chi connectivity index (χ3v) is 6.17. The number of anilines is 1. The highest BCUT2D eigenvalue weighted by atomic mass is 32.2. The molecule has 1 saturated heterocycles. The van der Waals surface area contributed by atoms with Gasteiger partial charge in [0.2, 0.25) is 0 Å². The summed E-state index contributed by atoms with van der Waals surface area (Å²) in [7, 11) is 0. The van der Waals surface area contributed by atoms with Gasteiger partial charge in [0.25, 0.3) is 11.6 Å². The van der Waals surface area contributed by atoms with Gasteiger partial charge in [0.1, 0.15) is 11.4 Å². The molecule has 32 heavy (non-hydrogen) atoms. The van der Waals surface area contributed by atoms with Gasteiger partial charge in [0.05, 0.1) is 15.9 Å². The molecule has 1 fully saturated rings. The molecular formula is C23H24N4O4S. The number of nitro groups is 1. The van der Waals surface area contributed by atoms with Gasteiger partial charge in [0, 0.05) is 32.2 Å². The average Bonchev–Trinajstić information content (AvgIpc) is 3.15. The number of piperazine rings is 1. The van der Waals surface area contributed by atoms with E-state index in [1.165, 1.54) is 17.8 Å². The van der Waals surface area contributed by atoms with E-state index in [1.807, 2.05) is 55.2 Å². The smallest absolute Gasteiger partial charge is 0.292 e. The Hall–Kier alpha value is -3.33. The van der Waals surface area contributed by atoms with Crippen LogP contribution < -0.4 is 9.64 Å². The van der Waals surface area contributed by atoms with Crippen molar-refractivity contribution in [3.05, 3.63) is 69.1 Å². The number of thioether (sulfide) groups is 1. The molecule has 0 N–H and O–H groups in total. The Morgan fingerprint density at radius 1 is 1.06 bits per heavy atom. The van der Waals surface area contributed by atoms with Crippen molar-refractivity contribution in [3.8, 4) is 5.75 Å². The first-order valence-corrected chi connectivity index (χ1v) is 11.2. The standard InChI is InChI=1S/C23H24N4O4S/c1-16(2)31-18-9-7-17(8-10-18)15-21-22(28)24-23(32-21)26-13-11-25(12-14-26)19-5-3-4-6-20(19)27(29)30/h3-10,15-16H,11-14H2,1-2H3. The molecule has 1 amide bonds. The highest BCUT2D eigenvalue weighted by molar-refractivity contribution is 8.18. The number of benzene rings is 2. The third kappa shape index (κ3) is 4.94. The highest BCUT2D eigenvalue weighted by Crippen LogP contribution is 2.33. The van der Waals surface area contributed by atoms with E-state index in [2.05, 4.69) is 9.89 Å². The minimum Gasteiger partial charge on any atom is -0.491 e. The highest BCUT2D eigenvalue weighted by Gasteiger charge is 2.30. The SMILES string of the molecule is CC(C)Oc1ccc(C=C2SC(N3CCN(c4ccccc4[N+](=O)[O-])CC3)=NC2=O)cc1. The minimum absolute atomic E-state index is 0.107. The van der Waals surface area contributed by atoms with Crippen LogP contribution in [0.15, 0.2) is 58.4 Å². The van der Waals surface area contributed by atoms with Gasteiger partial charge in [-0.25, -0.2) is 0 Å². The van der Waals surface area contributed by atoms with E-state index in [4.69, 9.17) is 4.74 Å². The van der Waals surface area contributed by atoms with Crippen LogP contribution in [0.1, 0.15) is 19.4 Å². The van der Waals surface area contributed by atoms with E-state index in [-0.39, 0.29) is 22.6 Å². The number of nitro benzene ring substituents is 1. The van der Waals surface area contributed by atoms with Crippen LogP contribution >= 0.6 is 11.8 Å². The van der Waals surface area contributed by atoms with Crippen molar-refractivity contribution in [1.29, 1.82) is 0 Å². The number of amidine groups is 1. The fourth-order valence-corrected chi connectivity index (χ4v) is 4.59. The molecule has 0 unspecified atom stereocenters. The van der Waals surface area contributed by atoms with Crippen LogP contribution in [0.3, 0.4) is 0 Å². The molecule has 8 nitrogen and oxygen atoms in total. The van der Waals surface area contributed by atoms with E-state index >= 15 is 0 Å². The van der Waals surface area contributed by atoms with Crippen LogP contribution in [-0.2, 0) is 4.79 Å². The van der Waals surface area contributed by atoms with E-state index in [1.54, 1.807) is 12.1 Å². The van der Waals surface area contributed by atoms with Gasteiger partial charge in [0.15, 0.2) is 5.17 Å². The molecule has 0 atom stereocenters. The van der Waals surface area contributed by atoms with Crippen molar-refractivity contribution in [2.45, 2.75) is 20.0 Å². The Labute approximate surface area is 190 Å². The van der Waals surface area contributed by atoms with Gasteiger partial charge < -0.3 is 14.5 Å². The molecule has 0 saturated carbocycles. The van der Waals surface area contributed by atoms with Crippen LogP contribution in [0.25, 0.3) is 6.08 Å². The van der Waals surface area contributed by atoms with Crippen molar-refractivity contribution in [3.63, 3.8) is 0 Å². The van der Waals surface area contributed by atoms with Crippen molar-refractivity contribution in [2.75, 3.05) is 31.1 Å². The zero-order chi connectivity index (χ0) is 22.7. The number of aliphatic imine (C=N–C) groups is 1. The largest absolute Gasteiger partial charge is 0.491 e. The molecule has 0 aliphatic carbocycles. The van der Waals surface area contributed by atoms with Crippen molar-refractivity contribution in [2.24, 2.45) is 4.99 Å². The number of ether oxygens (including phenoxy) is 1. The number of para-hydroxylation sites is 2. The van der Waals surface area contributed by atoms with Crippen LogP contribution in [0.4, 0.5) is 11.4 Å². The van der Waals surface area contributed by atoms with Gasteiger partial charge in [-0.05, 0) is 55.4 Å². The van der Waals surface area contributed by atoms with Crippen molar-refractivity contribution >= 4 is 40.3 Å². The maximum atomic E-state index is 12.4. The number of carbonyl (C=O) groups excluding carboxylic acids is 1. The van der Waals surface area contributed by atoms with Crippen molar-refractivity contribution in [1.82, 2.24) is 4.90 Å². The third-order valence-electron chi connectivity index (χ3n) is 5.13. The van der Waals surface area contributed by atoms with Gasteiger partial charge in [-0.15, -0.1) is 0 Å². The number of hydrogen-bond acceptors (Lipinski definition) is 7. The second kappa shape index (κ2) is 9.44. The average molecular weight is 453 g/mol. The second-order valence-corrected chi connectivity index (χ2v) is 8.77. The summed E-state index contributed by atoms with van der Waals surface area (Å²) in [6.45, 7) is 6.47. The quantitative estimate of drug-likeness (QED) is 0.382. The lowest BCUT2D eigenvalue weighted by Crippen LogP contribution is -2.48. The predicted molar refractivity (Wildman–Crippen MR) is 127 cm³/mol. The molecular weight excluding hydrogens is 428 g/mol. The van der Waals surface area contributed by atoms with Gasteiger partial charge in [-0.3, -0.25) is 14.9 Å². The lowest BCUT2D eigenvalue weighted by Gasteiger charge is -2.36. The van der Waals surface area contributed by atoms with E-state index < -0.39 is 0 Å². The number of carbonyl (C=O) groups is 1. The maximum absolute atomic E-state index is 12.4. The lowest BCUT2D eigenvalue weighted by molar-refractivity contribution is -0.384. The molecule has 2 heterocycles. The summed E-state index contributed by atoms with van der Waals surface area (Å²) in [6, 6.07) is 14.4. The Bertz CT molecular complexity index is 1070. The molecule has 2 aromatic rings. The number of nitrogens with zero attached hydrogens (tertiary/aromatic N) is 4. The van der Waals surface area contributed by atoms with E-state index in [9.17, 15) is 14.9 Å². The van der Waals surface area contributed by atoms with Gasteiger partial charge in [-0.1, -0.05) is 24.3 Å². The first-order valence-electron chi connectivity index (χ1n) is 10.4. The topological polar surface area (TPSA) is 88.3 Å². The zero-order valence-corrected chi connectivity index (χ0v) is 18.7. The Balaban J connectivity index is 1.38. The molecule has 0 spiro atoms. The van der Waals surface area contributed by atoms with Crippen LogP contribution in [-0.4, -0.2) is 53.2 Å². The predicted octanol–water partition coefficient (Wildman–Crippen LogP) is 4.17. The van der Waals surface area contributed by atoms with E-state index in [0.717, 1.165) is 11.3 Å². The number of rotatable bonds is 5. The molecule has 2 aliphatic rings. The Morgan fingerprint density at radius 2 is 1.72 bits per heavy atom. The van der Waals surface area contributed by atoms with Crippen molar-refractivity contribution < 1.29 is 14.5 Å². The minimum atomic E-state index is -0.351. The van der Waals surface area contributed by atoms with Crippen LogP contribution in [0.5, 0.6) is 5.75 Å². The van der Waals surface area contributed by atoms with Gasteiger partial charge in [-0.2, -0.15) is 4.99 Å². The van der Waals surface area contributed by atoms with Crippen LogP contribution in [0.2, 0.25) is 0 Å². The molecule has 0 aromatic heterocycles. The fraction of sp³-hybridized carbons (Fsp3) is 0.304. The number of amides is 1.